The van der Waals surface area contributed by atoms with Crippen LogP contribution < -0.4 is 0 Å². The molecule has 1 rings (SSSR count). The second kappa shape index (κ2) is 10.3. The minimum atomic E-state index is 0. The van der Waals surface area contributed by atoms with E-state index in [9.17, 15) is 0 Å². The molecule has 0 aliphatic rings. The number of benzene rings is 1. The summed E-state index contributed by atoms with van der Waals surface area (Å²) in [6, 6.07) is 9.87. The van der Waals surface area contributed by atoms with Crippen LogP contribution in [0.5, 0.6) is 0 Å². The molecule has 1 nitrogen and oxygen atoms in total. The van der Waals surface area contributed by atoms with E-state index in [-0.39, 0.29) is 36.9 Å². The van der Waals surface area contributed by atoms with E-state index in [1.165, 1.54) is 0 Å². The Morgan fingerprint density at radius 3 is 1.64 bits per heavy atom. The van der Waals surface area contributed by atoms with Crippen LogP contribution in [0.2, 0.25) is 0 Å². The minimum Gasteiger partial charge on any atom is -0.668 e. The van der Waals surface area contributed by atoms with Crippen molar-refractivity contribution < 1.29 is 36.9 Å². The Morgan fingerprint density at radius 1 is 1.09 bits per heavy atom. The summed E-state index contributed by atoms with van der Waals surface area (Å²) in [4.78, 5) is 0. The maximum atomic E-state index is 3.72. The second-order valence-corrected chi connectivity index (χ2v) is 1.93. The van der Waals surface area contributed by atoms with Gasteiger partial charge in [0.2, 0.25) is 0 Å². The molecule has 69 valence electrons. The van der Waals surface area contributed by atoms with Crippen molar-refractivity contribution >= 4 is 0 Å². The smallest absolute Gasteiger partial charge is 0 e. The first-order valence-corrected chi connectivity index (χ1v) is 3.16. The first kappa shape index (κ1) is 13.8. The number of rotatable bonds is 0. The summed E-state index contributed by atoms with van der Waals surface area (Å²) >= 11 is 0. The maximum absolute atomic E-state index is 3.72. The molecule has 0 aromatic heterocycles. The average molecular weight is 304 g/mol. The SMILES string of the molecule is C[N-]C.[CH2-]c1ccccc1.[Tm]. The van der Waals surface area contributed by atoms with Gasteiger partial charge in [0.25, 0.3) is 0 Å². The zero-order valence-corrected chi connectivity index (χ0v) is 8.60. The van der Waals surface area contributed by atoms with E-state index in [2.05, 4.69) is 12.2 Å². The summed E-state index contributed by atoms with van der Waals surface area (Å²) in [6.07, 6.45) is 0. The van der Waals surface area contributed by atoms with Crippen LogP contribution in [0.1, 0.15) is 5.56 Å². The molecule has 0 N–H and O–H groups in total. The standard InChI is InChI=1S/C7H7.C2H6N.Tm/c1-7-5-3-2-4-6-7;1-3-2;/h2-6H,1H2;1-2H3;/q2*-1;. The van der Waals surface area contributed by atoms with Crippen molar-refractivity contribution in [3.05, 3.63) is 48.1 Å². The molecule has 0 bridgehead atoms. The molecule has 0 amide bonds. The van der Waals surface area contributed by atoms with Crippen molar-refractivity contribution in [2.75, 3.05) is 14.1 Å². The van der Waals surface area contributed by atoms with E-state index in [0.29, 0.717) is 0 Å². The molecule has 0 atom stereocenters. The van der Waals surface area contributed by atoms with Gasteiger partial charge in [-0.1, -0.05) is 6.07 Å². The molecular weight excluding hydrogens is 291 g/mol. The molecule has 0 aliphatic heterocycles. The molecule has 1 aromatic carbocycles. The monoisotopic (exact) mass is 304 g/mol. The fraction of sp³-hybridized carbons (Fsp3) is 0.222. The Morgan fingerprint density at radius 2 is 1.45 bits per heavy atom. The predicted molar refractivity (Wildman–Crippen MR) is 46.1 cm³/mol. The molecule has 0 aliphatic carbocycles. The van der Waals surface area contributed by atoms with Crippen molar-refractivity contribution in [2.45, 2.75) is 0 Å². The second-order valence-electron chi connectivity index (χ2n) is 1.93. The van der Waals surface area contributed by atoms with Gasteiger partial charge >= 0.3 is 0 Å². The zero-order chi connectivity index (χ0) is 7.82. The number of nitrogens with zero attached hydrogens (tertiary/aromatic N) is 1. The molecule has 0 fully saturated rings. The fourth-order valence-corrected chi connectivity index (χ4v) is 0.478. The predicted octanol–water partition coefficient (Wildman–Crippen LogP) is 2.49. The summed E-state index contributed by atoms with van der Waals surface area (Å²) in [6.45, 7) is 3.72. The van der Waals surface area contributed by atoms with E-state index < -0.39 is 0 Å². The van der Waals surface area contributed by atoms with E-state index >= 15 is 0 Å². The largest absolute Gasteiger partial charge is 0.668 e. The zero-order valence-electron chi connectivity index (χ0n) is 6.82. The van der Waals surface area contributed by atoms with Gasteiger partial charge in [0.05, 0.1) is 0 Å². The quantitative estimate of drug-likeness (QED) is 0.654. The maximum Gasteiger partial charge on any atom is 0 e. The van der Waals surface area contributed by atoms with Crippen molar-refractivity contribution in [2.24, 2.45) is 0 Å². The number of hydrogen-bond acceptors (Lipinski definition) is 0. The minimum absolute atomic E-state index is 0. The van der Waals surface area contributed by atoms with Crippen LogP contribution in [0.25, 0.3) is 5.32 Å². The summed E-state index contributed by atoms with van der Waals surface area (Å²) in [7, 11) is 3.50. The Balaban J connectivity index is 0. The number of hydrogen-bond donors (Lipinski definition) is 0. The molecule has 1 radical (unpaired) electrons. The Hall–Kier alpha value is 0.284. The third kappa shape index (κ3) is 10.3. The molecule has 0 unspecified atom stereocenters. The average Bonchev–Trinajstić information content (AvgIpc) is 1.91. The third-order valence-electron chi connectivity index (χ3n) is 0.843. The summed E-state index contributed by atoms with van der Waals surface area (Å²) in [5.74, 6) is 0. The molecule has 0 saturated carbocycles. The molecule has 0 saturated heterocycles. The van der Waals surface area contributed by atoms with Gasteiger partial charge in [0.15, 0.2) is 0 Å². The van der Waals surface area contributed by atoms with Crippen LogP contribution in [-0.4, -0.2) is 14.1 Å². The summed E-state index contributed by atoms with van der Waals surface area (Å²) in [5.41, 5.74) is 1.07. The molecule has 0 spiro atoms. The van der Waals surface area contributed by atoms with Gasteiger partial charge in [0, 0.05) is 36.9 Å². The van der Waals surface area contributed by atoms with E-state index in [4.69, 9.17) is 0 Å². The summed E-state index contributed by atoms with van der Waals surface area (Å²) < 4.78 is 0. The Labute approximate surface area is 98.4 Å². The van der Waals surface area contributed by atoms with Gasteiger partial charge in [-0.2, -0.15) is 38.7 Å². The van der Waals surface area contributed by atoms with Gasteiger partial charge in [0.1, 0.15) is 0 Å². The van der Waals surface area contributed by atoms with Gasteiger partial charge < -0.3 is 5.32 Å². The normalized spacial score (nSPS) is 7.09. The first-order valence-electron chi connectivity index (χ1n) is 3.16. The van der Waals surface area contributed by atoms with Crippen molar-refractivity contribution in [3.63, 3.8) is 0 Å². The topological polar surface area (TPSA) is 14.1 Å². The van der Waals surface area contributed by atoms with Crippen LogP contribution in [0.15, 0.2) is 30.3 Å². The van der Waals surface area contributed by atoms with Gasteiger partial charge in [-0.25, -0.2) is 0 Å². The van der Waals surface area contributed by atoms with Crippen LogP contribution in [0, 0.1) is 43.8 Å². The van der Waals surface area contributed by atoms with Crippen LogP contribution in [-0.2, 0) is 0 Å². The summed E-state index contributed by atoms with van der Waals surface area (Å²) in [5, 5.41) is 3.50. The van der Waals surface area contributed by atoms with E-state index in [1.807, 2.05) is 30.3 Å². The third-order valence-corrected chi connectivity index (χ3v) is 0.843. The molecule has 0 heterocycles. The molecule has 2 heteroatoms. The fourth-order valence-electron chi connectivity index (χ4n) is 0.478. The van der Waals surface area contributed by atoms with Gasteiger partial charge in [-0.15, -0.1) is 12.1 Å². The molecular formula is C9H13NTm-2. The van der Waals surface area contributed by atoms with Gasteiger partial charge in [-0.05, 0) is 0 Å². The van der Waals surface area contributed by atoms with Crippen molar-refractivity contribution in [3.8, 4) is 0 Å². The van der Waals surface area contributed by atoms with Crippen LogP contribution >= 0.6 is 0 Å². The van der Waals surface area contributed by atoms with Crippen LogP contribution in [0.3, 0.4) is 0 Å². The van der Waals surface area contributed by atoms with E-state index in [1.54, 1.807) is 14.1 Å². The van der Waals surface area contributed by atoms with Crippen LogP contribution in [0.4, 0.5) is 0 Å². The van der Waals surface area contributed by atoms with E-state index in [0.717, 1.165) is 5.56 Å². The van der Waals surface area contributed by atoms with Crippen molar-refractivity contribution in [1.82, 2.24) is 0 Å². The molecule has 11 heavy (non-hydrogen) atoms. The Bertz CT molecular complexity index is 151. The Kier molecular flexibility index (Phi) is 12.9. The molecule has 1 aromatic rings. The van der Waals surface area contributed by atoms with Crippen molar-refractivity contribution in [1.29, 1.82) is 0 Å². The first-order chi connectivity index (χ1) is 4.81. The van der Waals surface area contributed by atoms with Gasteiger partial charge in [-0.3, -0.25) is 0 Å².